The predicted molar refractivity (Wildman–Crippen MR) is 190 cm³/mol. The third-order valence-electron chi connectivity index (χ3n) is 7.66. The lowest BCUT2D eigenvalue weighted by molar-refractivity contribution is -0.132. The van der Waals surface area contributed by atoms with Crippen LogP contribution in [-0.2, 0) is 21.9 Å². The first-order valence-corrected chi connectivity index (χ1v) is 17.6. The van der Waals surface area contributed by atoms with Gasteiger partial charge in [0.2, 0.25) is 5.13 Å². The van der Waals surface area contributed by atoms with Gasteiger partial charge in [-0.3, -0.25) is 14.5 Å². The number of Topliss-reactive ketones (excluding diaryl/α,β-unsaturated/α-hetero) is 1. The number of ketones is 1. The van der Waals surface area contributed by atoms with Crippen LogP contribution in [0.15, 0.2) is 113 Å². The number of ether oxygens (including phenoxy) is 2. The van der Waals surface area contributed by atoms with E-state index in [-0.39, 0.29) is 16.5 Å². The average Bonchev–Trinajstić information content (AvgIpc) is 3.69. The highest BCUT2D eigenvalue weighted by Gasteiger charge is 2.48. The van der Waals surface area contributed by atoms with Crippen LogP contribution in [-0.4, -0.2) is 33.6 Å². The molecule has 0 radical (unpaired) electrons. The van der Waals surface area contributed by atoms with Crippen LogP contribution >= 0.6 is 34.7 Å². The van der Waals surface area contributed by atoms with Gasteiger partial charge in [0.15, 0.2) is 4.34 Å². The third kappa shape index (κ3) is 7.73. The molecule has 4 aromatic carbocycles. The van der Waals surface area contributed by atoms with Crippen LogP contribution in [0.1, 0.15) is 48.1 Å². The number of unbranched alkanes of at least 4 members (excludes halogenated alkanes) is 1. The Kier molecular flexibility index (Phi) is 10.7. The van der Waals surface area contributed by atoms with E-state index in [2.05, 4.69) is 17.1 Å². The summed E-state index contributed by atoms with van der Waals surface area (Å²) in [5.41, 5.74) is 3.03. The molecule has 6 rings (SSSR count). The zero-order valence-corrected chi connectivity index (χ0v) is 28.4. The number of aromatic nitrogens is 2. The van der Waals surface area contributed by atoms with Gasteiger partial charge < -0.3 is 14.6 Å². The smallest absolute Gasteiger partial charge is 0.301 e. The number of rotatable bonds is 13. The SMILES string of the molecule is CCCCOc1ccc(C(O)=C2C(=O)C(=O)N(c3nnc(SCc4ccc(Cl)cc4)s3)C2c2ccc(OCc3ccccc3)cc2)cc1. The minimum absolute atomic E-state index is 0.0387. The number of anilines is 1. The molecule has 0 aliphatic carbocycles. The van der Waals surface area contributed by atoms with Gasteiger partial charge in [-0.2, -0.15) is 0 Å². The van der Waals surface area contributed by atoms with E-state index in [1.165, 1.54) is 28.0 Å². The zero-order chi connectivity index (χ0) is 33.5. The summed E-state index contributed by atoms with van der Waals surface area (Å²) in [7, 11) is 0. The third-order valence-corrected chi connectivity index (χ3v) is 10.0. The number of nitrogens with zero attached hydrogens (tertiary/aromatic N) is 3. The van der Waals surface area contributed by atoms with Gasteiger partial charge in [0.1, 0.15) is 23.9 Å². The van der Waals surface area contributed by atoms with Gasteiger partial charge in [-0.15, -0.1) is 10.2 Å². The van der Waals surface area contributed by atoms with Gasteiger partial charge >= 0.3 is 5.91 Å². The fourth-order valence-corrected chi connectivity index (χ4v) is 7.06. The Balaban J connectivity index is 1.31. The first-order chi connectivity index (χ1) is 23.4. The monoisotopic (exact) mass is 697 g/mol. The zero-order valence-electron chi connectivity index (χ0n) is 26.0. The second-order valence-electron chi connectivity index (χ2n) is 11.0. The maximum atomic E-state index is 13.7. The second kappa shape index (κ2) is 15.5. The van der Waals surface area contributed by atoms with E-state index >= 15 is 0 Å². The van der Waals surface area contributed by atoms with Crippen molar-refractivity contribution < 1.29 is 24.2 Å². The van der Waals surface area contributed by atoms with E-state index in [9.17, 15) is 14.7 Å². The van der Waals surface area contributed by atoms with Gasteiger partial charge in [0, 0.05) is 16.3 Å². The number of hydrogen-bond donors (Lipinski definition) is 1. The van der Waals surface area contributed by atoms with Gasteiger partial charge in [-0.1, -0.05) is 103 Å². The fraction of sp³-hybridized carbons (Fsp3) is 0.189. The Morgan fingerprint density at radius 3 is 2.27 bits per heavy atom. The molecule has 0 saturated carbocycles. The summed E-state index contributed by atoms with van der Waals surface area (Å²) in [6.45, 7) is 3.06. The van der Waals surface area contributed by atoms with Crippen molar-refractivity contribution in [3.63, 3.8) is 0 Å². The molecule has 244 valence electrons. The number of benzene rings is 4. The van der Waals surface area contributed by atoms with Crippen molar-refractivity contribution in [1.82, 2.24) is 10.2 Å². The van der Waals surface area contributed by atoms with Crippen LogP contribution in [0.4, 0.5) is 5.13 Å². The summed E-state index contributed by atoms with van der Waals surface area (Å²) in [4.78, 5) is 28.7. The van der Waals surface area contributed by atoms with Gasteiger partial charge in [0.05, 0.1) is 18.2 Å². The van der Waals surface area contributed by atoms with Gasteiger partial charge in [0.25, 0.3) is 5.78 Å². The Bertz CT molecular complexity index is 1900. The number of halogens is 1. The predicted octanol–water partition coefficient (Wildman–Crippen LogP) is 8.87. The molecule has 1 aromatic heterocycles. The van der Waals surface area contributed by atoms with E-state index in [0.717, 1.165) is 24.0 Å². The number of hydrogen-bond acceptors (Lipinski definition) is 9. The largest absolute Gasteiger partial charge is 0.507 e. The Labute approximate surface area is 292 Å². The molecular formula is C37H32ClN3O5S2. The number of aliphatic hydroxyl groups excluding tert-OH is 1. The summed E-state index contributed by atoms with van der Waals surface area (Å²) in [5, 5.41) is 21.1. The molecule has 1 fully saturated rings. The van der Waals surface area contributed by atoms with E-state index in [1.54, 1.807) is 48.5 Å². The summed E-state index contributed by atoms with van der Waals surface area (Å²) >= 11 is 8.69. The van der Waals surface area contributed by atoms with E-state index in [0.29, 0.717) is 51.0 Å². The molecule has 5 aromatic rings. The Morgan fingerprint density at radius 1 is 0.875 bits per heavy atom. The Hall–Kier alpha value is -4.64. The molecule has 2 heterocycles. The first kappa shape index (κ1) is 33.3. The van der Waals surface area contributed by atoms with Crippen LogP contribution in [0.5, 0.6) is 11.5 Å². The molecule has 0 bridgehead atoms. The van der Waals surface area contributed by atoms with Crippen LogP contribution < -0.4 is 14.4 Å². The highest BCUT2D eigenvalue weighted by molar-refractivity contribution is 8.00. The van der Waals surface area contributed by atoms with Crippen molar-refractivity contribution in [2.45, 2.75) is 42.5 Å². The molecule has 8 nitrogen and oxygen atoms in total. The van der Waals surface area contributed by atoms with Crippen molar-refractivity contribution in [2.24, 2.45) is 0 Å². The normalized spacial score (nSPS) is 15.5. The number of amides is 1. The topological polar surface area (TPSA) is 102 Å². The van der Waals surface area contributed by atoms with Crippen LogP contribution in [0.2, 0.25) is 5.02 Å². The summed E-state index contributed by atoms with van der Waals surface area (Å²) < 4.78 is 12.4. The summed E-state index contributed by atoms with van der Waals surface area (Å²) in [5.74, 6) is 0.00541. The van der Waals surface area contributed by atoms with Crippen LogP contribution in [0.25, 0.3) is 5.76 Å². The number of thioether (sulfide) groups is 1. The van der Waals surface area contributed by atoms with Crippen molar-refractivity contribution in [3.05, 3.63) is 136 Å². The van der Waals surface area contributed by atoms with Gasteiger partial charge in [-0.25, -0.2) is 0 Å². The summed E-state index contributed by atoms with van der Waals surface area (Å²) in [6, 6.07) is 30.4. The lowest BCUT2D eigenvalue weighted by Gasteiger charge is -2.22. The molecule has 1 unspecified atom stereocenters. The van der Waals surface area contributed by atoms with Crippen molar-refractivity contribution in [2.75, 3.05) is 11.5 Å². The van der Waals surface area contributed by atoms with Crippen molar-refractivity contribution in [1.29, 1.82) is 0 Å². The molecule has 48 heavy (non-hydrogen) atoms. The minimum Gasteiger partial charge on any atom is -0.507 e. The summed E-state index contributed by atoms with van der Waals surface area (Å²) in [6.07, 6.45) is 1.94. The molecule has 0 spiro atoms. The Morgan fingerprint density at radius 2 is 1.56 bits per heavy atom. The number of aliphatic hydroxyl groups is 1. The molecule has 1 saturated heterocycles. The van der Waals surface area contributed by atoms with E-state index < -0.39 is 17.7 Å². The van der Waals surface area contributed by atoms with Crippen molar-refractivity contribution >= 4 is 57.3 Å². The second-order valence-corrected chi connectivity index (χ2v) is 13.6. The first-order valence-electron chi connectivity index (χ1n) is 15.4. The number of carbonyl (C=O) groups is 2. The quantitative estimate of drug-likeness (QED) is 0.0325. The highest BCUT2D eigenvalue weighted by atomic mass is 35.5. The molecule has 1 amide bonds. The standard InChI is InChI=1S/C37H32ClN3O5S2/c1-2-3-21-45-29-19-13-27(14-20-29)33(42)31-32(26-11-17-30(18-12-26)46-22-24-7-5-4-6-8-24)41(35(44)34(31)43)36-39-40-37(48-36)47-23-25-9-15-28(38)16-10-25/h4-20,32,42H,2-3,21-23H2,1H3. The van der Waals surface area contributed by atoms with Crippen LogP contribution in [0.3, 0.4) is 0 Å². The van der Waals surface area contributed by atoms with E-state index in [1.807, 2.05) is 54.6 Å². The minimum atomic E-state index is -0.948. The number of carbonyl (C=O) groups excluding carboxylic acids is 2. The van der Waals surface area contributed by atoms with Gasteiger partial charge in [-0.05, 0) is 71.6 Å². The molecule has 1 aliphatic rings. The molecule has 11 heteroatoms. The highest BCUT2D eigenvalue weighted by Crippen LogP contribution is 2.44. The molecule has 1 aliphatic heterocycles. The molecule has 1 N–H and O–H groups in total. The fourth-order valence-electron chi connectivity index (χ4n) is 5.12. The lowest BCUT2D eigenvalue weighted by Crippen LogP contribution is -2.29. The molecular weight excluding hydrogens is 666 g/mol. The van der Waals surface area contributed by atoms with Crippen molar-refractivity contribution in [3.8, 4) is 11.5 Å². The maximum absolute atomic E-state index is 13.7. The van der Waals surface area contributed by atoms with Crippen LogP contribution in [0, 0.1) is 0 Å². The van der Waals surface area contributed by atoms with E-state index in [4.69, 9.17) is 21.1 Å². The average molecular weight is 698 g/mol. The molecule has 1 atom stereocenters. The maximum Gasteiger partial charge on any atom is 0.301 e. The lowest BCUT2D eigenvalue weighted by atomic mass is 9.95.